The maximum absolute atomic E-state index is 14.1. The Hall–Kier alpha value is -3.65. The number of hydrogen-bond donors (Lipinski definition) is 1. The van der Waals surface area contributed by atoms with E-state index in [-0.39, 0.29) is 22.5 Å². The average molecular weight is 526 g/mol. The van der Waals surface area contributed by atoms with Crippen LogP contribution in [0.25, 0.3) is 0 Å². The summed E-state index contributed by atoms with van der Waals surface area (Å²) < 4.78 is 24.7. The van der Waals surface area contributed by atoms with E-state index in [1.807, 2.05) is 36.4 Å². The molecule has 3 aromatic rings. The predicted octanol–water partition coefficient (Wildman–Crippen LogP) is 5.48. The van der Waals surface area contributed by atoms with Gasteiger partial charge in [0.1, 0.15) is 28.0 Å². The van der Waals surface area contributed by atoms with Gasteiger partial charge in [0.25, 0.3) is 5.91 Å². The van der Waals surface area contributed by atoms with E-state index in [0.29, 0.717) is 37.4 Å². The average Bonchev–Trinajstić information content (AvgIpc) is 2.92. The summed E-state index contributed by atoms with van der Waals surface area (Å²) in [4.78, 5) is 30.7. The first kappa shape index (κ1) is 26.4. The summed E-state index contributed by atoms with van der Waals surface area (Å²) in [7, 11) is 3.19. The fourth-order valence-corrected chi connectivity index (χ4v) is 4.78. The molecule has 4 rings (SSSR count). The van der Waals surface area contributed by atoms with Gasteiger partial charge in [0.15, 0.2) is 0 Å². The molecule has 37 heavy (non-hydrogen) atoms. The van der Waals surface area contributed by atoms with Gasteiger partial charge in [-0.3, -0.25) is 9.59 Å². The van der Waals surface area contributed by atoms with E-state index in [2.05, 4.69) is 10.3 Å². The van der Waals surface area contributed by atoms with Crippen molar-refractivity contribution in [1.82, 2.24) is 9.88 Å². The highest BCUT2D eigenvalue weighted by atomic mass is 35.5. The number of carbonyl (C=O) groups is 2. The van der Waals surface area contributed by atoms with Crippen molar-refractivity contribution in [3.63, 3.8) is 0 Å². The number of nitrogens with one attached hydrogen (secondary N) is 1. The Kier molecular flexibility index (Phi) is 8.61. The Labute approximate surface area is 220 Å². The van der Waals surface area contributed by atoms with Gasteiger partial charge in [-0.25, -0.2) is 9.37 Å². The lowest BCUT2D eigenvalue weighted by Crippen LogP contribution is -2.38. The van der Waals surface area contributed by atoms with E-state index in [9.17, 15) is 14.0 Å². The normalized spacial score (nSPS) is 13.8. The van der Waals surface area contributed by atoms with Crippen molar-refractivity contribution in [2.45, 2.75) is 31.6 Å². The highest BCUT2D eigenvalue weighted by Crippen LogP contribution is 2.31. The molecule has 1 saturated heterocycles. The van der Waals surface area contributed by atoms with Gasteiger partial charge in [0, 0.05) is 37.5 Å². The second-order valence-corrected chi connectivity index (χ2v) is 9.23. The fraction of sp³-hybridized carbons (Fsp3) is 0.321. The van der Waals surface area contributed by atoms with Crippen LogP contribution < -0.4 is 14.8 Å². The van der Waals surface area contributed by atoms with Crippen LogP contribution in [0, 0.1) is 5.82 Å². The summed E-state index contributed by atoms with van der Waals surface area (Å²) in [5.74, 6) is 0.490. The maximum atomic E-state index is 14.1. The first-order valence-electron chi connectivity index (χ1n) is 12.1. The Morgan fingerprint density at radius 3 is 2.46 bits per heavy atom. The largest absolute Gasteiger partial charge is 0.497 e. The van der Waals surface area contributed by atoms with E-state index >= 15 is 0 Å². The van der Waals surface area contributed by atoms with Crippen LogP contribution in [0.1, 0.15) is 46.7 Å². The van der Waals surface area contributed by atoms with Crippen LogP contribution >= 0.6 is 11.6 Å². The molecular formula is C28H29ClFN3O4. The molecule has 0 unspecified atom stereocenters. The van der Waals surface area contributed by atoms with Gasteiger partial charge in [-0.05, 0) is 60.6 Å². The number of ether oxygens (including phenoxy) is 2. The van der Waals surface area contributed by atoms with E-state index in [0.717, 1.165) is 35.7 Å². The number of amides is 2. The number of piperidine rings is 1. The number of aryl methyl sites for hydroxylation is 1. The van der Waals surface area contributed by atoms with E-state index < -0.39 is 11.7 Å². The number of nitrogens with zero attached hydrogens (tertiary/aromatic N) is 2. The molecule has 0 atom stereocenters. The summed E-state index contributed by atoms with van der Waals surface area (Å²) >= 11 is 5.96. The summed E-state index contributed by atoms with van der Waals surface area (Å²) in [6.07, 6.45) is 3.60. The molecule has 9 heteroatoms. The zero-order valence-corrected chi connectivity index (χ0v) is 21.6. The third-order valence-corrected chi connectivity index (χ3v) is 6.92. The molecule has 2 amide bonds. The smallest absolute Gasteiger partial charge is 0.259 e. The minimum atomic E-state index is -0.659. The number of methoxy groups -OCH3 is 2. The molecule has 7 nitrogen and oxygen atoms in total. The monoisotopic (exact) mass is 525 g/mol. The van der Waals surface area contributed by atoms with Crippen LogP contribution in [0.2, 0.25) is 5.15 Å². The second kappa shape index (κ2) is 12.1. The lowest BCUT2D eigenvalue weighted by molar-refractivity contribution is -0.116. The summed E-state index contributed by atoms with van der Waals surface area (Å²) in [6.45, 7) is 1.00. The number of anilines is 1. The summed E-state index contributed by atoms with van der Waals surface area (Å²) in [5, 5.41) is 2.82. The van der Waals surface area contributed by atoms with Crippen molar-refractivity contribution in [1.29, 1.82) is 0 Å². The number of carbonyl (C=O) groups excluding carboxylic acids is 2. The van der Waals surface area contributed by atoms with Crippen molar-refractivity contribution < 1.29 is 23.5 Å². The molecule has 0 bridgehead atoms. The summed E-state index contributed by atoms with van der Waals surface area (Å²) in [5.41, 5.74) is 2.63. The van der Waals surface area contributed by atoms with Crippen molar-refractivity contribution in [2.24, 2.45) is 0 Å². The molecule has 0 aliphatic carbocycles. The van der Waals surface area contributed by atoms with Gasteiger partial charge in [0.05, 0.1) is 14.2 Å². The molecule has 2 aromatic carbocycles. The topological polar surface area (TPSA) is 80.8 Å². The fourth-order valence-electron chi connectivity index (χ4n) is 4.55. The Morgan fingerprint density at radius 1 is 1.08 bits per heavy atom. The minimum Gasteiger partial charge on any atom is -0.497 e. The van der Waals surface area contributed by atoms with Crippen molar-refractivity contribution in [2.75, 3.05) is 32.6 Å². The molecule has 1 fully saturated rings. The van der Waals surface area contributed by atoms with Gasteiger partial charge in [-0.2, -0.15) is 0 Å². The first-order chi connectivity index (χ1) is 17.9. The van der Waals surface area contributed by atoms with Crippen molar-refractivity contribution >= 4 is 29.1 Å². The molecule has 1 N–H and O–H groups in total. The summed E-state index contributed by atoms with van der Waals surface area (Å²) in [6, 6.07) is 14.5. The number of aromatic nitrogens is 1. The molecule has 0 saturated carbocycles. The third kappa shape index (κ3) is 6.38. The number of rotatable bonds is 8. The lowest BCUT2D eigenvalue weighted by Gasteiger charge is -2.32. The van der Waals surface area contributed by atoms with Crippen LogP contribution in [0.15, 0.2) is 54.7 Å². The molecule has 1 aromatic heterocycles. The highest BCUT2D eigenvalue weighted by Gasteiger charge is 2.28. The van der Waals surface area contributed by atoms with E-state index in [1.54, 1.807) is 25.2 Å². The van der Waals surface area contributed by atoms with Gasteiger partial charge in [-0.15, -0.1) is 0 Å². The van der Waals surface area contributed by atoms with Gasteiger partial charge < -0.3 is 19.7 Å². The Balaban J connectivity index is 1.28. The molecule has 1 aliphatic rings. The van der Waals surface area contributed by atoms with Crippen molar-refractivity contribution in [3.8, 4) is 11.5 Å². The van der Waals surface area contributed by atoms with Gasteiger partial charge >= 0.3 is 0 Å². The Morgan fingerprint density at radius 2 is 1.81 bits per heavy atom. The number of halogens is 2. The van der Waals surface area contributed by atoms with Crippen LogP contribution in [0.4, 0.5) is 10.1 Å². The van der Waals surface area contributed by atoms with Gasteiger partial charge in [-0.1, -0.05) is 29.8 Å². The number of likely N-dealkylation sites (tertiary alicyclic amines) is 1. The van der Waals surface area contributed by atoms with Crippen LogP contribution in [-0.4, -0.2) is 49.0 Å². The number of pyridine rings is 1. The minimum absolute atomic E-state index is 0.0845. The zero-order valence-electron chi connectivity index (χ0n) is 20.8. The molecule has 2 heterocycles. The molecule has 194 valence electrons. The van der Waals surface area contributed by atoms with Crippen LogP contribution in [0.5, 0.6) is 11.5 Å². The van der Waals surface area contributed by atoms with Crippen LogP contribution in [0.3, 0.4) is 0 Å². The maximum Gasteiger partial charge on any atom is 0.259 e. The zero-order chi connectivity index (χ0) is 26.4. The standard InChI is InChI=1S/C28H29ClFN3O4/c1-36-22-9-5-20(24(17-22)37-2)6-10-25(34)32-21-7-3-18(4-8-21)19-12-15-33(16-13-19)28(35)26-23(30)11-14-31-27(26)29/h3-5,7-9,11,14,17,19H,6,10,12-13,15-16H2,1-2H3,(H,32,34). The number of benzene rings is 2. The lowest BCUT2D eigenvalue weighted by atomic mass is 9.89. The SMILES string of the molecule is COc1ccc(CCC(=O)Nc2ccc(C3CCN(C(=O)c4c(F)ccnc4Cl)CC3)cc2)c(OC)c1. The predicted molar refractivity (Wildman–Crippen MR) is 140 cm³/mol. The first-order valence-corrected chi connectivity index (χ1v) is 12.5. The second-order valence-electron chi connectivity index (χ2n) is 8.87. The van der Waals surface area contributed by atoms with Crippen molar-refractivity contribution in [3.05, 3.63) is 82.4 Å². The van der Waals surface area contributed by atoms with Gasteiger partial charge in [0.2, 0.25) is 5.91 Å². The van der Waals surface area contributed by atoms with Crippen LogP contribution in [-0.2, 0) is 11.2 Å². The number of hydrogen-bond acceptors (Lipinski definition) is 5. The van der Waals surface area contributed by atoms with E-state index in [1.165, 1.54) is 6.20 Å². The molecule has 0 radical (unpaired) electrons. The third-order valence-electron chi connectivity index (χ3n) is 6.63. The molecular weight excluding hydrogens is 497 g/mol. The molecule has 0 spiro atoms. The quantitative estimate of drug-likeness (QED) is 0.394. The van der Waals surface area contributed by atoms with E-state index in [4.69, 9.17) is 21.1 Å². The Bertz CT molecular complexity index is 1240. The molecule has 1 aliphatic heterocycles. The highest BCUT2D eigenvalue weighted by molar-refractivity contribution is 6.32.